The molecule has 0 aromatic carbocycles. The van der Waals surface area contributed by atoms with Crippen molar-refractivity contribution in [1.82, 2.24) is 9.97 Å². The maximum Gasteiger partial charge on any atom is 0.358 e. The number of hydrogen-bond donors (Lipinski definition) is 0. The number of ether oxygens (including phenoxy) is 1. The quantitative estimate of drug-likeness (QED) is 0.530. The number of carbonyl (C=O) groups is 1. The number of methoxy groups -OCH3 is 1. The third kappa shape index (κ3) is 2.90. The standard InChI is InChI=1S/C17H15ClN3O2S/c1-10-15(13-7-6-12(18)14(20-13)17(22)23-3)24-16(21(10)2)11-5-4-8-19-9-11/h4-9H,1-3H3/q+1. The van der Waals surface area contributed by atoms with Crippen LogP contribution in [0.3, 0.4) is 0 Å². The summed E-state index contributed by atoms with van der Waals surface area (Å²) in [5.74, 6) is -0.548. The number of esters is 1. The predicted molar refractivity (Wildman–Crippen MR) is 93.0 cm³/mol. The Morgan fingerprint density at radius 1 is 1.33 bits per heavy atom. The SMILES string of the molecule is COC(=O)c1nc(-c2sc(-c3cccnc3)[n+](C)c2C)ccc1Cl. The fourth-order valence-electron chi connectivity index (χ4n) is 2.33. The van der Waals surface area contributed by atoms with Crippen LogP contribution in [0, 0.1) is 6.92 Å². The summed E-state index contributed by atoms with van der Waals surface area (Å²) in [5, 5.41) is 1.34. The molecule has 3 heterocycles. The van der Waals surface area contributed by atoms with Crippen LogP contribution in [-0.4, -0.2) is 23.0 Å². The molecule has 0 unspecified atom stereocenters. The Morgan fingerprint density at radius 3 is 2.79 bits per heavy atom. The molecule has 0 amide bonds. The molecule has 3 rings (SSSR count). The molecule has 0 spiro atoms. The van der Waals surface area contributed by atoms with E-state index in [-0.39, 0.29) is 10.7 Å². The molecule has 3 aromatic rings. The van der Waals surface area contributed by atoms with E-state index in [0.717, 1.165) is 21.1 Å². The molecular weight excluding hydrogens is 346 g/mol. The molecule has 7 heteroatoms. The van der Waals surface area contributed by atoms with E-state index in [2.05, 4.69) is 14.5 Å². The molecule has 122 valence electrons. The number of hydrogen-bond acceptors (Lipinski definition) is 5. The lowest BCUT2D eigenvalue weighted by Gasteiger charge is -2.03. The summed E-state index contributed by atoms with van der Waals surface area (Å²) in [7, 11) is 3.30. The van der Waals surface area contributed by atoms with E-state index < -0.39 is 5.97 Å². The van der Waals surface area contributed by atoms with Crippen LogP contribution >= 0.6 is 22.9 Å². The van der Waals surface area contributed by atoms with Gasteiger partial charge in [0.2, 0.25) is 0 Å². The van der Waals surface area contributed by atoms with Crippen molar-refractivity contribution >= 4 is 28.9 Å². The zero-order valence-electron chi connectivity index (χ0n) is 13.4. The molecule has 0 bridgehead atoms. The average Bonchev–Trinajstić information content (AvgIpc) is 2.91. The number of aromatic nitrogens is 3. The first-order valence-corrected chi connectivity index (χ1v) is 8.37. The number of rotatable bonds is 3. The van der Waals surface area contributed by atoms with Gasteiger partial charge in [-0.05, 0) is 24.3 Å². The van der Waals surface area contributed by atoms with Crippen molar-refractivity contribution in [2.24, 2.45) is 7.05 Å². The van der Waals surface area contributed by atoms with Crippen LogP contribution in [-0.2, 0) is 11.8 Å². The minimum atomic E-state index is -0.548. The van der Waals surface area contributed by atoms with Crippen molar-refractivity contribution in [3.05, 3.63) is 53.1 Å². The smallest absolute Gasteiger partial charge is 0.358 e. The fourth-order valence-corrected chi connectivity index (χ4v) is 3.72. The molecule has 0 fully saturated rings. The fraction of sp³-hybridized carbons (Fsp3) is 0.176. The second-order valence-corrected chi connectivity index (χ2v) is 6.55. The Hall–Kier alpha value is -2.31. The molecule has 0 aliphatic heterocycles. The number of halogens is 1. The summed E-state index contributed by atoms with van der Waals surface area (Å²) in [6.07, 6.45) is 3.57. The van der Waals surface area contributed by atoms with Crippen molar-refractivity contribution < 1.29 is 14.1 Å². The monoisotopic (exact) mass is 360 g/mol. The first kappa shape index (κ1) is 16.5. The summed E-state index contributed by atoms with van der Waals surface area (Å²) in [4.78, 5) is 21.4. The highest BCUT2D eigenvalue weighted by Gasteiger charge is 2.25. The van der Waals surface area contributed by atoms with Crippen LogP contribution in [0.5, 0.6) is 0 Å². The zero-order valence-corrected chi connectivity index (χ0v) is 15.0. The Labute approximate surface area is 148 Å². The highest BCUT2D eigenvalue weighted by Crippen LogP contribution is 2.33. The Kier molecular flexibility index (Phi) is 4.59. The zero-order chi connectivity index (χ0) is 17.3. The maximum atomic E-state index is 11.8. The highest BCUT2D eigenvalue weighted by molar-refractivity contribution is 7.18. The van der Waals surface area contributed by atoms with Gasteiger partial charge in [-0.2, -0.15) is 4.57 Å². The summed E-state index contributed by atoms with van der Waals surface area (Å²) in [6.45, 7) is 2.01. The second kappa shape index (κ2) is 6.67. The van der Waals surface area contributed by atoms with Gasteiger partial charge in [0.25, 0.3) is 5.01 Å². The van der Waals surface area contributed by atoms with Gasteiger partial charge in [-0.1, -0.05) is 22.9 Å². The molecule has 24 heavy (non-hydrogen) atoms. The number of carbonyl (C=O) groups excluding carboxylic acids is 1. The van der Waals surface area contributed by atoms with Crippen molar-refractivity contribution in [3.63, 3.8) is 0 Å². The van der Waals surface area contributed by atoms with Gasteiger partial charge in [-0.3, -0.25) is 4.98 Å². The number of thiazole rings is 1. The topological polar surface area (TPSA) is 56.0 Å². The van der Waals surface area contributed by atoms with Crippen LogP contribution < -0.4 is 4.57 Å². The lowest BCUT2D eigenvalue weighted by atomic mass is 10.2. The van der Waals surface area contributed by atoms with Crippen molar-refractivity contribution in [2.45, 2.75) is 6.92 Å². The van der Waals surface area contributed by atoms with E-state index in [4.69, 9.17) is 16.3 Å². The summed E-state index contributed by atoms with van der Waals surface area (Å²) in [6, 6.07) is 7.39. The number of nitrogens with zero attached hydrogens (tertiary/aromatic N) is 3. The van der Waals surface area contributed by atoms with Gasteiger partial charge in [0.1, 0.15) is 11.9 Å². The van der Waals surface area contributed by atoms with Crippen LogP contribution in [0.1, 0.15) is 16.2 Å². The van der Waals surface area contributed by atoms with Crippen LogP contribution in [0.15, 0.2) is 36.7 Å². The molecule has 3 aromatic heterocycles. The van der Waals surface area contributed by atoms with E-state index >= 15 is 0 Å². The highest BCUT2D eigenvalue weighted by atomic mass is 35.5. The summed E-state index contributed by atoms with van der Waals surface area (Å²) >= 11 is 7.65. The third-order valence-electron chi connectivity index (χ3n) is 3.70. The lowest BCUT2D eigenvalue weighted by Crippen LogP contribution is -2.31. The number of pyridine rings is 2. The Morgan fingerprint density at radius 2 is 2.12 bits per heavy atom. The maximum absolute atomic E-state index is 11.8. The molecular formula is C17H15ClN3O2S+. The van der Waals surface area contributed by atoms with Gasteiger partial charge in [0.15, 0.2) is 11.4 Å². The Balaban J connectivity index is 2.13. The molecule has 0 atom stereocenters. The van der Waals surface area contributed by atoms with Gasteiger partial charge < -0.3 is 4.74 Å². The molecule has 0 saturated heterocycles. The van der Waals surface area contributed by atoms with E-state index in [1.807, 2.05) is 32.3 Å². The van der Waals surface area contributed by atoms with E-state index in [9.17, 15) is 4.79 Å². The van der Waals surface area contributed by atoms with Crippen LogP contribution in [0.4, 0.5) is 0 Å². The molecule has 0 N–H and O–H groups in total. The largest absolute Gasteiger partial charge is 0.464 e. The first-order valence-electron chi connectivity index (χ1n) is 7.18. The lowest BCUT2D eigenvalue weighted by molar-refractivity contribution is -0.661. The molecule has 0 radical (unpaired) electrons. The van der Waals surface area contributed by atoms with Crippen molar-refractivity contribution in [1.29, 1.82) is 0 Å². The van der Waals surface area contributed by atoms with E-state index in [0.29, 0.717) is 5.69 Å². The van der Waals surface area contributed by atoms with Gasteiger partial charge in [0, 0.05) is 19.3 Å². The summed E-state index contributed by atoms with van der Waals surface area (Å²) < 4.78 is 6.83. The second-order valence-electron chi connectivity index (χ2n) is 5.14. The van der Waals surface area contributed by atoms with Gasteiger partial charge in [-0.15, -0.1) is 0 Å². The molecule has 0 saturated carbocycles. The molecule has 0 aliphatic carbocycles. The summed E-state index contributed by atoms with van der Waals surface area (Å²) in [5.41, 5.74) is 2.88. The van der Waals surface area contributed by atoms with Crippen molar-refractivity contribution in [3.8, 4) is 21.1 Å². The van der Waals surface area contributed by atoms with Gasteiger partial charge in [0.05, 0.1) is 23.4 Å². The van der Waals surface area contributed by atoms with Crippen LogP contribution in [0.2, 0.25) is 5.02 Å². The van der Waals surface area contributed by atoms with Gasteiger partial charge in [-0.25, -0.2) is 9.78 Å². The minimum Gasteiger partial charge on any atom is -0.464 e. The first-order chi connectivity index (χ1) is 11.5. The Bertz CT molecular complexity index is 910. The van der Waals surface area contributed by atoms with E-state index in [1.54, 1.807) is 29.7 Å². The molecule has 0 aliphatic rings. The average molecular weight is 361 g/mol. The van der Waals surface area contributed by atoms with Gasteiger partial charge >= 0.3 is 5.97 Å². The third-order valence-corrected chi connectivity index (χ3v) is 5.42. The minimum absolute atomic E-state index is 0.120. The van der Waals surface area contributed by atoms with E-state index in [1.165, 1.54) is 7.11 Å². The van der Waals surface area contributed by atoms with Crippen LogP contribution in [0.25, 0.3) is 21.1 Å². The molecule has 5 nitrogen and oxygen atoms in total. The normalized spacial score (nSPS) is 10.7. The van der Waals surface area contributed by atoms with Crippen molar-refractivity contribution in [2.75, 3.05) is 7.11 Å². The predicted octanol–water partition coefficient (Wildman–Crippen LogP) is 3.45.